The number of aliphatic imine (C=N–C) groups is 1. The molecule has 0 radical (unpaired) electrons. The van der Waals surface area contributed by atoms with Crippen LogP contribution in [-0.2, 0) is 11.3 Å². The van der Waals surface area contributed by atoms with Crippen LogP contribution in [-0.4, -0.2) is 36.2 Å². The summed E-state index contributed by atoms with van der Waals surface area (Å²) in [6, 6.07) is 0. The number of H-pyrrole nitrogens is 1. The fourth-order valence-electron chi connectivity index (χ4n) is 1.13. The molecule has 94 valence electrons. The molecule has 0 bridgehead atoms. The number of nitrogens with one attached hydrogen (secondary N) is 2. The lowest BCUT2D eigenvalue weighted by Crippen LogP contribution is -2.34. The molecule has 1 heterocycles. The van der Waals surface area contributed by atoms with Crippen molar-refractivity contribution in [2.45, 2.75) is 13.5 Å². The van der Waals surface area contributed by atoms with E-state index in [0.29, 0.717) is 24.5 Å². The van der Waals surface area contributed by atoms with Crippen LogP contribution < -0.4 is 16.6 Å². The number of rotatable bonds is 5. The van der Waals surface area contributed by atoms with Gasteiger partial charge in [0.15, 0.2) is 5.96 Å². The van der Waals surface area contributed by atoms with Gasteiger partial charge in [-0.1, -0.05) is 0 Å². The van der Waals surface area contributed by atoms with Gasteiger partial charge >= 0.3 is 0 Å². The Morgan fingerprint density at radius 3 is 3.12 bits per heavy atom. The van der Waals surface area contributed by atoms with Crippen molar-refractivity contribution in [3.05, 3.63) is 27.9 Å². The number of nitrogens with zero attached hydrogens (tertiary/aromatic N) is 2. The Hall–Kier alpha value is -1.89. The van der Waals surface area contributed by atoms with Gasteiger partial charge in [-0.3, -0.25) is 4.79 Å². The van der Waals surface area contributed by atoms with E-state index in [0.717, 1.165) is 0 Å². The highest BCUT2D eigenvalue weighted by Crippen LogP contribution is 1.91. The van der Waals surface area contributed by atoms with Gasteiger partial charge in [0.2, 0.25) is 0 Å². The van der Waals surface area contributed by atoms with Crippen molar-refractivity contribution in [1.82, 2.24) is 15.3 Å². The van der Waals surface area contributed by atoms with Gasteiger partial charge < -0.3 is 20.8 Å². The zero-order chi connectivity index (χ0) is 12.7. The summed E-state index contributed by atoms with van der Waals surface area (Å²) >= 11 is 0. The van der Waals surface area contributed by atoms with Gasteiger partial charge in [-0.2, -0.15) is 0 Å². The summed E-state index contributed by atoms with van der Waals surface area (Å²) < 4.78 is 4.85. The third-order valence-corrected chi connectivity index (χ3v) is 2.03. The molecule has 7 nitrogen and oxygen atoms in total. The Morgan fingerprint density at radius 1 is 1.71 bits per heavy atom. The molecule has 0 spiro atoms. The standard InChI is InChI=1S/C10H17N5O2/c1-7-13-5-8(9(16)15-7)6-14-10(11)12-3-4-17-2/h5H,3-4,6H2,1-2H3,(H3,11,12,14)(H,13,15,16). The molecule has 0 amide bonds. The molecular formula is C10H17N5O2. The lowest BCUT2D eigenvalue weighted by atomic mass is 10.3. The number of aromatic amines is 1. The summed E-state index contributed by atoms with van der Waals surface area (Å²) in [5.74, 6) is 0.857. The second-order valence-electron chi connectivity index (χ2n) is 3.44. The largest absolute Gasteiger partial charge is 0.383 e. The number of guanidine groups is 1. The van der Waals surface area contributed by atoms with Gasteiger partial charge in [0, 0.05) is 19.9 Å². The molecule has 17 heavy (non-hydrogen) atoms. The smallest absolute Gasteiger partial charge is 0.255 e. The van der Waals surface area contributed by atoms with Crippen LogP contribution >= 0.6 is 0 Å². The summed E-state index contributed by atoms with van der Waals surface area (Å²) in [5, 5.41) is 2.85. The number of hydrogen-bond donors (Lipinski definition) is 3. The molecule has 0 aliphatic carbocycles. The Morgan fingerprint density at radius 2 is 2.47 bits per heavy atom. The average Bonchev–Trinajstić information content (AvgIpc) is 2.28. The minimum atomic E-state index is -0.189. The van der Waals surface area contributed by atoms with E-state index < -0.39 is 0 Å². The van der Waals surface area contributed by atoms with E-state index in [2.05, 4.69) is 20.3 Å². The van der Waals surface area contributed by atoms with Crippen LogP contribution in [0.2, 0.25) is 0 Å². The predicted octanol–water partition coefficient (Wildman–Crippen LogP) is -0.871. The number of hydrogen-bond acceptors (Lipinski definition) is 4. The molecule has 4 N–H and O–H groups in total. The third-order valence-electron chi connectivity index (χ3n) is 2.03. The van der Waals surface area contributed by atoms with Crippen molar-refractivity contribution in [2.75, 3.05) is 20.3 Å². The molecule has 1 aromatic rings. The maximum Gasteiger partial charge on any atom is 0.255 e. The van der Waals surface area contributed by atoms with Gasteiger partial charge in [-0.25, -0.2) is 9.98 Å². The van der Waals surface area contributed by atoms with Crippen LogP contribution in [0.25, 0.3) is 0 Å². The molecule has 0 aliphatic rings. The quantitative estimate of drug-likeness (QED) is 0.352. The summed E-state index contributed by atoms with van der Waals surface area (Å²) in [6.45, 7) is 3.04. The summed E-state index contributed by atoms with van der Waals surface area (Å²) in [6.07, 6.45) is 1.50. The molecule has 0 saturated carbocycles. The zero-order valence-corrected chi connectivity index (χ0v) is 9.99. The number of ether oxygens (including phenoxy) is 1. The van der Waals surface area contributed by atoms with E-state index in [4.69, 9.17) is 10.5 Å². The second-order valence-corrected chi connectivity index (χ2v) is 3.44. The van der Waals surface area contributed by atoms with Gasteiger partial charge in [-0.05, 0) is 6.92 Å². The molecule has 1 aromatic heterocycles. The maximum absolute atomic E-state index is 11.5. The van der Waals surface area contributed by atoms with E-state index in [-0.39, 0.29) is 18.1 Å². The highest BCUT2D eigenvalue weighted by molar-refractivity contribution is 5.77. The summed E-state index contributed by atoms with van der Waals surface area (Å²) in [4.78, 5) is 22.1. The normalized spacial score (nSPS) is 11.5. The predicted molar refractivity (Wildman–Crippen MR) is 64.8 cm³/mol. The maximum atomic E-state index is 11.5. The first-order chi connectivity index (χ1) is 8.13. The van der Waals surface area contributed by atoms with Crippen molar-refractivity contribution in [3.63, 3.8) is 0 Å². The first-order valence-electron chi connectivity index (χ1n) is 5.21. The van der Waals surface area contributed by atoms with E-state index in [9.17, 15) is 4.79 Å². The van der Waals surface area contributed by atoms with Gasteiger partial charge in [0.25, 0.3) is 5.56 Å². The topological polar surface area (TPSA) is 105 Å². The minimum Gasteiger partial charge on any atom is -0.383 e. The molecule has 0 aliphatic heterocycles. The molecule has 7 heteroatoms. The van der Waals surface area contributed by atoms with E-state index >= 15 is 0 Å². The highest BCUT2D eigenvalue weighted by atomic mass is 16.5. The van der Waals surface area contributed by atoms with Gasteiger partial charge in [0.1, 0.15) is 5.82 Å². The van der Waals surface area contributed by atoms with E-state index in [1.807, 2.05) is 0 Å². The lowest BCUT2D eigenvalue weighted by Gasteiger charge is -2.04. The Kier molecular flexibility index (Phi) is 5.15. The first-order valence-corrected chi connectivity index (χ1v) is 5.21. The fraction of sp³-hybridized carbons (Fsp3) is 0.500. The highest BCUT2D eigenvalue weighted by Gasteiger charge is 1.99. The van der Waals surface area contributed by atoms with Crippen LogP contribution in [0.1, 0.15) is 11.4 Å². The van der Waals surface area contributed by atoms with Gasteiger partial charge in [0.05, 0.1) is 18.7 Å². The number of aromatic nitrogens is 2. The molecule has 0 atom stereocenters. The van der Waals surface area contributed by atoms with Crippen molar-refractivity contribution < 1.29 is 4.74 Å². The van der Waals surface area contributed by atoms with Crippen LogP contribution in [0.15, 0.2) is 16.0 Å². The van der Waals surface area contributed by atoms with Crippen molar-refractivity contribution >= 4 is 5.96 Å². The van der Waals surface area contributed by atoms with E-state index in [1.54, 1.807) is 14.0 Å². The molecule has 0 unspecified atom stereocenters. The fourth-order valence-corrected chi connectivity index (χ4v) is 1.13. The number of aryl methyl sites for hydroxylation is 1. The Labute approximate surface area is 99.1 Å². The summed E-state index contributed by atoms with van der Waals surface area (Å²) in [7, 11) is 1.60. The van der Waals surface area contributed by atoms with Crippen LogP contribution in [0.3, 0.4) is 0 Å². The lowest BCUT2D eigenvalue weighted by molar-refractivity contribution is 0.204. The third kappa shape index (κ3) is 4.64. The van der Waals surface area contributed by atoms with Crippen LogP contribution in [0, 0.1) is 6.92 Å². The molecular weight excluding hydrogens is 222 g/mol. The number of methoxy groups -OCH3 is 1. The van der Waals surface area contributed by atoms with Crippen molar-refractivity contribution in [1.29, 1.82) is 0 Å². The van der Waals surface area contributed by atoms with Crippen LogP contribution in [0.5, 0.6) is 0 Å². The second kappa shape index (κ2) is 6.64. The van der Waals surface area contributed by atoms with Crippen LogP contribution in [0.4, 0.5) is 0 Å². The average molecular weight is 239 g/mol. The first kappa shape index (κ1) is 13.2. The van der Waals surface area contributed by atoms with Crippen molar-refractivity contribution in [3.8, 4) is 0 Å². The minimum absolute atomic E-state index is 0.189. The number of nitrogens with two attached hydrogens (primary N) is 1. The Balaban J connectivity index is 2.54. The molecule has 0 aromatic carbocycles. The molecule has 0 saturated heterocycles. The van der Waals surface area contributed by atoms with E-state index in [1.165, 1.54) is 6.20 Å². The van der Waals surface area contributed by atoms with Crippen molar-refractivity contribution in [2.24, 2.45) is 10.7 Å². The van der Waals surface area contributed by atoms with Gasteiger partial charge in [-0.15, -0.1) is 0 Å². The summed E-state index contributed by atoms with van der Waals surface area (Å²) in [5.41, 5.74) is 5.88. The Bertz CT molecular complexity index is 441. The monoisotopic (exact) mass is 239 g/mol. The SMILES string of the molecule is COCCNC(N)=NCc1cnc(C)[nH]c1=O. The zero-order valence-electron chi connectivity index (χ0n) is 9.99. The molecule has 1 rings (SSSR count). The molecule has 0 fully saturated rings.